The van der Waals surface area contributed by atoms with E-state index in [1.807, 2.05) is 0 Å². The van der Waals surface area contributed by atoms with E-state index in [2.05, 4.69) is 0 Å². The zero-order valence-corrected chi connectivity index (χ0v) is 13.3. The lowest BCUT2D eigenvalue weighted by Crippen LogP contribution is -2.26. The molecule has 7 heteroatoms. The van der Waals surface area contributed by atoms with Gasteiger partial charge in [-0.15, -0.1) is 0 Å². The first-order valence-electron chi connectivity index (χ1n) is 6.10. The zero-order chi connectivity index (χ0) is 16.3. The zero-order valence-electron chi connectivity index (χ0n) is 11.1. The minimum Gasteiger partial charge on any atom is -0.444 e. The molecule has 0 saturated heterocycles. The molecule has 0 aliphatic rings. The van der Waals surface area contributed by atoms with Gasteiger partial charge < -0.3 is 10.5 Å². The fourth-order valence-electron chi connectivity index (χ4n) is 1.80. The third-order valence-electron chi connectivity index (χ3n) is 2.83. The predicted molar refractivity (Wildman–Crippen MR) is 85.3 cm³/mol. The Kier molecular flexibility index (Phi) is 5.29. The summed E-state index contributed by atoms with van der Waals surface area (Å²) in [7, 11) is 0. The third kappa shape index (κ3) is 3.53. The van der Waals surface area contributed by atoms with Crippen LogP contribution in [0.3, 0.4) is 0 Å². The van der Waals surface area contributed by atoms with Crippen LogP contribution in [-0.2, 0) is 9.53 Å². The quantitative estimate of drug-likeness (QED) is 0.662. The Balaban J connectivity index is 2.34. The highest BCUT2D eigenvalue weighted by atomic mass is 35.5. The minimum absolute atomic E-state index is 0.0459. The molecule has 1 atom stereocenters. The second-order valence-corrected chi connectivity index (χ2v) is 5.51. The molecule has 2 rings (SSSR count). The van der Waals surface area contributed by atoms with E-state index >= 15 is 0 Å². The van der Waals surface area contributed by atoms with Crippen LogP contribution in [0.15, 0.2) is 42.5 Å². The lowest BCUT2D eigenvalue weighted by atomic mass is 10.1. The molecule has 0 saturated carbocycles. The average molecular weight is 359 g/mol. The molecule has 0 aliphatic heterocycles. The lowest BCUT2D eigenvalue weighted by Gasteiger charge is -2.16. The van der Waals surface area contributed by atoms with E-state index in [9.17, 15) is 9.59 Å². The standard InChI is InChI=1S/C15H10Cl3NO3/c16-9-6-7-10(17)12(18)11(9)15(21)22-13(14(19)20)8-4-2-1-3-5-8/h1-7,13H,(H2,19,20). The molecule has 0 spiro atoms. The van der Waals surface area contributed by atoms with Gasteiger partial charge in [-0.05, 0) is 12.1 Å². The molecule has 114 valence electrons. The summed E-state index contributed by atoms with van der Waals surface area (Å²) < 4.78 is 5.16. The fourth-order valence-corrected chi connectivity index (χ4v) is 2.48. The highest BCUT2D eigenvalue weighted by molar-refractivity contribution is 6.46. The predicted octanol–water partition coefficient (Wildman–Crippen LogP) is 4.03. The summed E-state index contributed by atoms with van der Waals surface area (Å²) >= 11 is 17.8. The lowest BCUT2D eigenvalue weighted by molar-refractivity contribution is -0.127. The van der Waals surface area contributed by atoms with Crippen LogP contribution in [0.1, 0.15) is 22.0 Å². The first kappa shape index (κ1) is 16.6. The van der Waals surface area contributed by atoms with Crippen molar-refractivity contribution in [3.8, 4) is 0 Å². The van der Waals surface area contributed by atoms with Gasteiger partial charge in [-0.1, -0.05) is 65.1 Å². The number of carbonyl (C=O) groups is 2. The molecule has 0 aromatic heterocycles. The number of esters is 1. The molecular formula is C15H10Cl3NO3. The van der Waals surface area contributed by atoms with Gasteiger partial charge in [0.05, 0.1) is 20.6 Å². The number of hydrogen-bond donors (Lipinski definition) is 1. The second-order valence-electron chi connectivity index (χ2n) is 4.32. The van der Waals surface area contributed by atoms with Gasteiger partial charge in [0.1, 0.15) is 0 Å². The first-order chi connectivity index (χ1) is 10.4. The van der Waals surface area contributed by atoms with Gasteiger partial charge >= 0.3 is 5.97 Å². The maximum Gasteiger partial charge on any atom is 0.342 e. The van der Waals surface area contributed by atoms with E-state index in [1.165, 1.54) is 12.1 Å². The van der Waals surface area contributed by atoms with Crippen LogP contribution in [0, 0.1) is 0 Å². The van der Waals surface area contributed by atoms with Crippen LogP contribution in [-0.4, -0.2) is 11.9 Å². The first-order valence-corrected chi connectivity index (χ1v) is 7.24. The second kappa shape index (κ2) is 7.01. The van der Waals surface area contributed by atoms with Gasteiger partial charge in [-0.3, -0.25) is 4.79 Å². The van der Waals surface area contributed by atoms with Crippen LogP contribution >= 0.6 is 34.8 Å². The number of carbonyl (C=O) groups excluding carboxylic acids is 2. The fraction of sp³-hybridized carbons (Fsp3) is 0.0667. The van der Waals surface area contributed by atoms with Crippen LogP contribution in [0.2, 0.25) is 15.1 Å². The summed E-state index contributed by atoms with van der Waals surface area (Å²) in [6.07, 6.45) is -1.25. The molecular weight excluding hydrogens is 349 g/mol. The van der Waals surface area contributed by atoms with E-state index in [-0.39, 0.29) is 20.6 Å². The maximum absolute atomic E-state index is 12.3. The number of benzene rings is 2. The number of primary amides is 1. The van der Waals surface area contributed by atoms with E-state index in [0.29, 0.717) is 5.56 Å². The molecule has 0 radical (unpaired) electrons. The molecule has 2 aromatic carbocycles. The summed E-state index contributed by atoms with van der Waals surface area (Å²) in [5, 5.41) is 0.166. The monoisotopic (exact) mass is 357 g/mol. The molecule has 1 amide bonds. The normalized spacial score (nSPS) is 11.8. The summed E-state index contributed by atoms with van der Waals surface area (Å²) in [6.45, 7) is 0. The average Bonchev–Trinajstić information content (AvgIpc) is 2.49. The van der Waals surface area contributed by atoms with Crippen molar-refractivity contribution >= 4 is 46.7 Å². The van der Waals surface area contributed by atoms with Gasteiger partial charge in [-0.25, -0.2) is 4.79 Å². The summed E-state index contributed by atoms with van der Waals surface area (Å²) in [5.41, 5.74) is 5.62. The van der Waals surface area contributed by atoms with Crippen LogP contribution in [0.5, 0.6) is 0 Å². The summed E-state index contributed by atoms with van der Waals surface area (Å²) in [4.78, 5) is 23.8. The Labute approximate surface area is 141 Å². The highest BCUT2D eigenvalue weighted by Gasteiger charge is 2.26. The van der Waals surface area contributed by atoms with Crippen molar-refractivity contribution in [2.24, 2.45) is 5.73 Å². The smallest absolute Gasteiger partial charge is 0.342 e. The van der Waals surface area contributed by atoms with Crippen molar-refractivity contribution < 1.29 is 14.3 Å². The molecule has 0 fully saturated rings. The van der Waals surface area contributed by atoms with Crippen molar-refractivity contribution in [2.75, 3.05) is 0 Å². The SMILES string of the molecule is NC(=O)C(OC(=O)c1c(Cl)ccc(Cl)c1Cl)c1ccccc1. The molecule has 2 aromatic rings. The molecule has 1 unspecified atom stereocenters. The summed E-state index contributed by atoms with van der Waals surface area (Å²) in [5.74, 6) is -1.70. The van der Waals surface area contributed by atoms with Gasteiger partial charge in [0.25, 0.3) is 5.91 Å². The van der Waals surface area contributed by atoms with Crippen molar-refractivity contribution in [3.63, 3.8) is 0 Å². The van der Waals surface area contributed by atoms with E-state index in [0.717, 1.165) is 0 Å². The highest BCUT2D eigenvalue weighted by Crippen LogP contribution is 2.33. The van der Waals surface area contributed by atoms with Crippen molar-refractivity contribution in [1.82, 2.24) is 0 Å². The van der Waals surface area contributed by atoms with Crippen LogP contribution < -0.4 is 5.73 Å². The Morgan fingerprint density at radius 1 is 0.955 bits per heavy atom. The Morgan fingerprint density at radius 2 is 1.55 bits per heavy atom. The largest absolute Gasteiger partial charge is 0.444 e. The number of rotatable bonds is 4. The third-order valence-corrected chi connectivity index (χ3v) is 3.95. The Morgan fingerprint density at radius 3 is 2.14 bits per heavy atom. The molecule has 0 bridgehead atoms. The van der Waals surface area contributed by atoms with Gasteiger partial charge in [0, 0.05) is 5.56 Å². The van der Waals surface area contributed by atoms with E-state index < -0.39 is 18.0 Å². The van der Waals surface area contributed by atoms with Crippen LogP contribution in [0.4, 0.5) is 0 Å². The van der Waals surface area contributed by atoms with Gasteiger partial charge in [0.15, 0.2) is 0 Å². The van der Waals surface area contributed by atoms with Crippen LogP contribution in [0.25, 0.3) is 0 Å². The van der Waals surface area contributed by atoms with E-state index in [1.54, 1.807) is 30.3 Å². The number of hydrogen-bond acceptors (Lipinski definition) is 3. The molecule has 22 heavy (non-hydrogen) atoms. The number of ether oxygens (including phenoxy) is 1. The topological polar surface area (TPSA) is 69.4 Å². The van der Waals surface area contributed by atoms with Gasteiger partial charge in [-0.2, -0.15) is 0 Å². The number of nitrogens with two attached hydrogens (primary N) is 1. The molecule has 2 N–H and O–H groups in total. The number of halogens is 3. The molecule has 0 aliphatic carbocycles. The maximum atomic E-state index is 12.3. The molecule has 0 heterocycles. The van der Waals surface area contributed by atoms with E-state index in [4.69, 9.17) is 45.3 Å². The van der Waals surface area contributed by atoms with Crippen molar-refractivity contribution in [1.29, 1.82) is 0 Å². The van der Waals surface area contributed by atoms with Gasteiger partial charge in [0.2, 0.25) is 6.10 Å². The Hall–Kier alpha value is -1.75. The minimum atomic E-state index is -1.25. The summed E-state index contributed by atoms with van der Waals surface area (Å²) in [6, 6.07) is 11.2. The number of amides is 1. The van der Waals surface area contributed by atoms with Crippen molar-refractivity contribution in [3.05, 3.63) is 68.7 Å². The molecule has 4 nitrogen and oxygen atoms in total. The van der Waals surface area contributed by atoms with Crippen molar-refractivity contribution in [2.45, 2.75) is 6.10 Å². The Bertz CT molecular complexity index is 719.